The van der Waals surface area contributed by atoms with Crippen LogP contribution in [0.3, 0.4) is 0 Å². The van der Waals surface area contributed by atoms with Gasteiger partial charge in [-0.25, -0.2) is 4.98 Å². The van der Waals surface area contributed by atoms with Crippen molar-refractivity contribution in [2.45, 2.75) is 33.4 Å². The van der Waals surface area contributed by atoms with Crippen molar-refractivity contribution in [2.75, 3.05) is 5.32 Å². The van der Waals surface area contributed by atoms with Gasteiger partial charge in [-0.15, -0.1) is 11.3 Å². The van der Waals surface area contributed by atoms with Gasteiger partial charge in [0.25, 0.3) is 0 Å². The summed E-state index contributed by atoms with van der Waals surface area (Å²) in [6, 6.07) is 6.18. The molecule has 0 unspecified atom stereocenters. The molecule has 1 amide bonds. The van der Waals surface area contributed by atoms with Crippen LogP contribution < -0.4 is 10.1 Å². The molecular formula is C18H17BrF2N4O2S. The van der Waals surface area contributed by atoms with E-state index in [0.29, 0.717) is 17.4 Å². The second kappa shape index (κ2) is 8.78. The third-order valence-electron chi connectivity index (χ3n) is 3.97. The van der Waals surface area contributed by atoms with Gasteiger partial charge in [-0.3, -0.25) is 9.48 Å². The van der Waals surface area contributed by atoms with Crippen molar-refractivity contribution >= 4 is 38.3 Å². The minimum Gasteiger partial charge on any atom is -0.435 e. The van der Waals surface area contributed by atoms with E-state index in [4.69, 9.17) is 0 Å². The van der Waals surface area contributed by atoms with Crippen molar-refractivity contribution < 1.29 is 18.3 Å². The number of aromatic nitrogens is 3. The number of carbonyl (C=O) groups excluding carboxylic acids is 1. The maximum atomic E-state index is 12.2. The number of halogens is 3. The number of rotatable bonds is 7. The van der Waals surface area contributed by atoms with Crippen LogP contribution >= 0.6 is 27.3 Å². The van der Waals surface area contributed by atoms with Gasteiger partial charge in [-0.2, -0.15) is 13.9 Å². The minimum atomic E-state index is -2.86. The van der Waals surface area contributed by atoms with Gasteiger partial charge >= 0.3 is 6.61 Å². The third-order valence-corrected chi connectivity index (χ3v) is 5.87. The summed E-state index contributed by atoms with van der Waals surface area (Å²) in [6.07, 6.45) is 0.267. The average molecular weight is 471 g/mol. The highest BCUT2D eigenvalue weighted by Crippen LogP contribution is 2.27. The van der Waals surface area contributed by atoms with Gasteiger partial charge in [0.2, 0.25) is 5.91 Å². The summed E-state index contributed by atoms with van der Waals surface area (Å²) < 4.78 is 31.5. The van der Waals surface area contributed by atoms with Gasteiger partial charge in [-0.05, 0) is 54.0 Å². The van der Waals surface area contributed by atoms with Crippen molar-refractivity contribution in [3.05, 3.63) is 45.5 Å². The van der Waals surface area contributed by atoms with Crippen molar-refractivity contribution in [3.63, 3.8) is 0 Å². The summed E-state index contributed by atoms with van der Waals surface area (Å²) in [4.78, 5) is 16.6. The van der Waals surface area contributed by atoms with E-state index >= 15 is 0 Å². The molecule has 2 heterocycles. The number of hydrogen-bond donors (Lipinski definition) is 1. The highest BCUT2D eigenvalue weighted by atomic mass is 79.9. The Labute approximate surface area is 172 Å². The lowest BCUT2D eigenvalue weighted by Gasteiger charge is -2.05. The molecule has 10 heteroatoms. The van der Waals surface area contributed by atoms with Gasteiger partial charge in [0.15, 0.2) is 5.13 Å². The lowest BCUT2D eigenvalue weighted by atomic mass is 10.2. The van der Waals surface area contributed by atoms with Crippen molar-refractivity contribution in [1.29, 1.82) is 0 Å². The highest BCUT2D eigenvalue weighted by Gasteiger charge is 2.12. The van der Waals surface area contributed by atoms with Crippen LogP contribution in [0.4, 0.5) is 13.9 Å². The summed E-state index contributed by atoms with van der Waals surface area (Å²) in [5.41, 5.74) is 3.24. The first-order valence-electron chi connectivity index (χ1n) is 8.33. The Morgan fingerprint density at radius 3 is 2.64 bits per heavy atom. The molecule has 0 spiro atoms. The maximum Gasteiger partial charge on any atom is 0.387 e. The highest BCUT2D eigenvalue weighted by molar-refractivity contribution is 9.10. The summed E-state index contributed by atoms with van der Waals surface area (Å²) >= 11 is 4.76. The first kappa shape index (κ1) is 20.4. The largest absolute Gasteiger partial charge is 0.435 e. The van der Waals surface area contributed by atoms with E-state index in [-0.39, 0.29) is 18.1 Å². The number of benzene rings is 1. The lowest BCUT2D eigenvalue weighted by Crippen LogP contribution is -2.15. The Bertz CT molecular complexity index is 973. The molecular weight excluding hydrogens is 454 g/mol. The van der Waals surface area contributed by atoms with Crippen LogP contribution in [-0.4, -0.2) is 27.3 Å². The lowest BCUT2D eigenvalue weighted by molar-refractivity contribution is -0.116. The monoisotopic (exact) mass is 470 g/mol. The zero-order valence-corrected chi connectivity index (χ0v) is 17.5. The molecule has 0 aliphatic heterocycles. The van der Waals surface area contributed by atoms with Crippen molar-refractivity contribution in [1.82, 2.24) is 14.8 Å². The Balaban J connectivity index is 1.58. The SMILES string of the molecule is Cc1nn(CCC(=O)Nc2nc(-c3ccc(OC(F)F)cc3)cs2)c(C)c1Br. The Morgan fingerprint density at radius 1 is 1.32 bits per heavy atom. The Hall–Kier alpha value is -2.33. The normalized spacial score (nSPS) is 11.1. The van der Waals surface area contributed by atoms with E-state index in [9.17, 15) is 13.6 Å². The summed E-state index contributed by atoms with van der Waals surface area (Å²) in [6.45, 7) is 1.44. The predicted molar refractivity (Wildman–Crippen MR) is 107 cm³/mol. The van der Waals surface area contributed by atoms with E-state index in [1.165, 1.54) is 23.5 Å². The molecule has 0 radical (unpaired) electrons. The van der Waals surface area contributed by atoms with Gasteiger partial charge in [0, 0.05) is 23.1 Å². The number of nitrogens with zero attached hydrogens (tertiary/aromatic N) is 3. The fraction of sp³-hybridized carbons (Fsp3) is 0.278. The fourth-order valence-electron chi connectivity index (χ4n) is 2.55. The van der Waals surface area contributed by atoms with E-state index in [1.807, 2.05) is 13.8 Å². The van der Waals surface area contributed by atoms with Crippen LogP contribution in [0.2, 0.25) is 0 Å². The van der Waals surface area contributed by atoms with Gasteiger partial charge in [0.1, 0.15) is 5.75 Å². The predicted octanol–water partition coefficient (Wildman–Crippen LogP) is 5.02. The summed E-state index contributed by atoms with van der Waals surface area (Å²) in [5, 5.41) is 9.41. The molecule has 0 saturated heterocycles. The van der Waals surface area contributed by atoms with Crippen LogP contribution in [0.15, 0.2) is 34.1 Å². The maximum absolute atomic E-state index is 12.2. The molecule has 0 saturated carbocycles. The number of hydrogen-bond acceptors (Lipinski definition) is 5. The fourth-order valence-corrected chi connectivity index (χ4v) is 3.57. The third kappa shape index (κ3) is 4.93. The quantitative estimate of drug-likeness (QED) is 0.526. The Kier molecular flexibility index (Phi) is 6.40. The number of anilines is 1. The smallest absolute Gasteiger partial charge is 0.387 e. The molecule has 1 aromatic carbocycles. The number of alkyl halides is 2. The number of carbonyl (C=O) groups is 1. The molecule has 2 aromatic heterocycles. The van der Waals surface area contributed by atoms with Crippen molar-refractivity contribution in [3.8, 4) is 17.0 Å². The number of aryl methyl sites for hydroxylation is 2. The van der Waals surface area contributed by atoms with E-state index in [0.717, 1.165) is 21.4 Å². The van der Waals surface area contributed by atoms with Gasteiger partial charge in [-0.1, -0.05) is 0 Å². The molecule has 3 aromatic rings. The molecule has 0 fully saturated rings. The van der Waals surface area contributed by atoms with Crippen LogP contribution in [0, 0.1) is 13.8 Å². The number of ether oxygens (including phenoxy) is 1. The molecule has 1 N–H and O–H groups in total. The van der Waals surface area contributed by atoms with Crippen LogP contribution in [0.25, 0.3) is 11.3 Å². The zero-order valence-electron chi connectivity index (χ0n) is 15.1. The molecule has 0 aliphatic carbocycles. The van der Waals surface area contributed by atoms with E-state index in [2.05, 4.69) is 36.1 Å². The van der Waals surface area contributed by atoms with Crippen molar-refractivity contribution in [2.24, 2.45) is 0 Å². The second-order valence-corrected chi connectivity index (χ2v) is 7.60. The van der Waals surface area contributed by atoms with Gasteiger partial charge < -0.3 is 10.1 Å². The molecule has 6 nitrogen and oxygen atoms in total. The summed E-state index contributed by atoms with van der Waals surface area (Å²) in [5.74, 6) is -0.0800. The van der Waals surface area contributed by atoms with E-state index in [1.54, 1.807) is 22.2 Å². The molecule has 0 aliphatic rings. The van der Waals surface area contributed by atoms with Crippen LogP contribution in [0.1, 0.15) is 17.8 Å². The molecule has 3 rings (SSSR count). The van der Waals surface area contributed by atoms with E-state index < -0.39 is 6.61 Å². The second-order valence-electron chi connectivity index (χ2n) is 5.95. The number of amides is 1. The standard InChI is InChI=1S/C18H17BrF2N4O2S/c1-10-16(19)11(2)25(24-10)8-7-15(26)23-18-22-14(9-28-18)12-3-5-13(6-4-12)27-17(20)21/h3-6,9,17H,7-8H2,1-2H3,(H,22,23,26). The van der Waals surface area contributed by atoms with Crippen LogP contribution in [0.5, 0.6) is 5.75 Å². The topological polar surface area (TPSA) is 69.0 Å². The molecule has 0 atom stereocenters. The van der Waals surface area contributed by atoms with Gasteiger partial charge in [0.05, 0.1) is 22.4 Å². The molecule has 148 valence electrons. The number of thiazole rings is 1. The Morgan fingerprint density at radius 2 is 2.04 bits per heavy atom. The first-order chi connectivity index (χ1) is 13.3. The number of nitrogens with one attached hydrogen (secondary N) is 1. The van der Waals surface area contributed by atoms with Crippen LogP contribution in [-0.2, 0) is 11.3 Å². The molecule has 0 bridgehead atoms. The summed E-state index contributed by atoms with van der Waals surface area (Å²) in [7, 11) is 0. The zero-order chi connectivity index (χ0) is 20.3. The molecule has 28 heavy (non-hydrogen) atoms. The average Bonchev–Trinajstić information content (AvgIpc) is 3.20. The minimum absolute atomic E-state index is 0.0818. The first-order valence-corrected chi connectivity index (χ1v) is 10.0.